The van der Waals surface area contributed by atoms with Gasteiger partial charge in [-0.1, -0.05) is 48.5 Å². The van der Waals surface area contributed by atoms with E-state index in [0.29, 0.717) is 18.9 Å². The summed E-state index contributed by atoms with van der Waals surface area (Å²) in [7, 11) is 4.02. The highest BCUT2D eigenvalue weighted by atomic mass is 32.1. The van der Waals surface area contributed by atoms with E-state index in [1.807, 2.05) is 61.1 Å². The summed E-state index contributed by atoms with van der Waals surface area (Å²) in [6, 6.07) is 18.3. The molecule has 0 amide bonds. The average Bonchev–Trinajstić information content (AvgIpc) is 3.03. The molecule has 0 spiro atoms. The predicted octanol–water partition coefficient (Wildman–Crippen LogP) is 3.63. The molecule has 138 valence electrons. The summed E-state index contributed by atoms with van der Waals surface area (Å²) in [5.74, 6) is 0.423. The average molecular weight is 379 g/mol. The number of hydrogen-bond donors (Lipinski definition) is 1. The second-order valence-electron chi connectivity index (χ2n) is 6.82. The van der Waals surface area contributed by atoms with Gasteiger partial charge in [-0.05, 0) is 25.7 Å². The van der Waals surface area contributed by atoms with Crippen LogP contribution in [-0.4, -0.2) is 41.6 Å². The van der Waals surface area contributed by atoms with Crippen LogP contribution >= 0.6 is 11.3 Å². The van der Waals surface area contributed by atoms with Crippen molar-refractivity contribution in [3.8, 4) is 0 Å². The van der Waals surface area contributed by atoms with Crippen LogP contribution in [0.4, 0.5) is 5.82 Å². The number of nitrogens with zero attached hydrogens (tertiary/aromatic N) is 3. The number of thiophene rings is 1. The smallest absolute Gasteiger partial charge is 0.294 e. The monoisotopic (exact) mass is 378 g/mol. The minimum Gasteiger partial charge on any atom is -0.364 e. The maximum atomic E-state index is 13.2. The predicted molar refractivity (Wildman–Crippen MR) is 114 cm³/mol. The lowest BCUT2D eigenvalue weighted by molar-refractivity contribution is 0.425. The van der Waals surface area contributed by atoms with Crippen LogP contribution in [0.15, 0.2) is 59.4 Å². The number of hydrogen-bond acceptors (Lipinski definition) is 5. The number of nitrogens with one attached hydrogen (secondary N) is 1. The van der Waals surface area contributed by atoms with Gasteiger partial charge in [0.05, 0.1) is 12.1 Å². The summed E-state index contributed by atoms with van der Waals surface area (Å²) in [4.78, 5) is 20.9. The quantitative estimate of drug-likeness (QED) is 0.557. The topological polar surface area (TPSA) is 50.2 Å². The second kappa shape index (κ2) is 7.50. The van der Waals surface area contributed by atoms with E-state index in [1.54, 1.807) is 11.3 Å². The Labute approximate surface area is 161 Å². The van der Waals surface area contributed by atoms with Crippen LogP contribution in [0.5, 0.6) is 0 Å². The Morgan fingerprint density at radius 3 is 2.59 bits per heavy atom. The lowest BCUT2D eigenvalue weighted by Crippen LogP contribution is -2.28. The number of fused-ring (bicyclic) bond motifs is 3. The Kier molecular flexibility index (Phi) is 4.92. The highest BCUT2D eigenvalue weighted by molar-refractivity contribution is 7.25. The lowest BCUT2D eigenvalue weighted by Gasteiger charge is -2.13. The number of aromatic nitrogens is 2. The Morgan fingerprint density at radius 2 is 1.81 bits per heavy atom. The number of likely N-dealkylation sites (N-methyl/N-ethyl adjacent to an activating group) is 1. The van der Waals surface area contributed by atoms with E-state index in [2.05, 4.69) is 27.3 Å². The molecule has 0 unspecified atom stereocenters. The molecule has 2 aromatic carbocycles. The molecular weight excluding hydrogens is 356 g/mol. The van der Waals surface area contributed by atoms with Crippen LogP contribution in [-0.2, 0) is 6.54 Å². The van der Waals surface area contributed by atoms with Crippen molar-refractivity contribution in [2.45, 2.75) is 6.54 Å². The van der Waals surface area contributed by atoms with E-state index in [-0.39, 0.29) is 5.56 Å². The molecule has 4 rings (SSSR count). The maximum absolute atomic E-state index is 13.2. The van der Waals surface area contributed by atoms with Crippen molar-refractivity contribution in [1.82, 2.24) is 14.5 Å². The van der Waals surface area contributed by atoms with Gasteiger partial charge in [0.2, 0.25) is 0 Å². The molecule has 27 heavy (non-hydrogen) atoms. The van der Waals surface area contributed by atoms with Gasteiger partial charge in [0.15, 0.2) is 5.82 Å². The van der Waals surface area contributed by atoms with E-state index in [1.165, 1.54) is 0 Å². The number of anilines is 1. The molecular formula is C21H22N4OS. The molecule has 4 aromatic rings. The summed E-state index contributed by atoms with van der Waals surface area (Å²) < 4.78 is 3.00. The van der Waals surface area contributed by atoms with Gasteiger partial charge in [0.25, 0.3) is 5.56 Å². The molecule has 0 aliphatic rings. The van der Waals surface area contributed by atoms with Crippen molar-refractivity contribution in [2.24, 2.45) is 0 Å². The normalized spacial score (nSPS) is 11.5. The molecule has 2 aromatic heterocycles. The zero-order valence-electron chi connectivity index (χ0n) is 15.5. The number of benzene rings is 2. The van der Waals surface area contributed by atoms with Gasteiger partial charge in [-0.25, -0.2) is 4.98 Å². The molecule has 0 atom stereocenters. The third-order valence-electron chi connectivity index (χ3n) is 4.52. The Morgan fingerprint density at radius 1 is 1.07 bits per heavy atom. The lowest BCUT2D eigenvalue weighted by atomic mass is 10.2. The first-order chi connectivity index (χ1) is 13.1. The summed E-state index contributed by atoms with van der Waals surface area (Å²) in [6.45, 7) is 2.04. The third kappa shape index (κ3) is 3.59. The van der Waals surface area contributed by atoms with Crippen LogP contribution in [0.25, 0.3) is 20.4 Å². The SMILES string of the molecule is CN(C)CCNc1nc2sc3ccccc3c2n(Cc2ccccc2)c1=O. The van der Waals surface area contributed by atoms with E-state index < -0.39 is 0 Å². The first-order valence-corrected chi connectivity index (χ1v) is 9.80. The minimum atomic E-state index is -0.0753. The van der Waals surface area contributed by atoms with Crippen molar-refractivity contribution in [1.29, 1.82) is 0 Å². The molecule has 1 N–H and O–H groups in total. The van der Waals surface area contributed by atoms with Crippen molar-refractivity contribution in [2.75, 3.05) is 32.5 Å². The van der Waals surface area contributed by atoms with Gasteiger partial charge in [-0.3, -0.25) is 9.36 Å². The fourth-order valence-corrected chi connectivity index (χ4v) is 4.25. The zero-order chi connectivity index (χ0) is 18.8. The summed E-state index contributed by atoms with van der Waals surface area (Å²) in [5.41, 5.74) is 1.94. The molecule has 0 radical (unpaired) electrons. The largest absolute Gasteiger partial charge is 0.364 e. The molecule has 0 bridgehead atoms. The van der Waals surface area contributed by atoms with E-state index in [9.17, 15) is 4.79 Å². The molecule has 0 saturated carbocycles. The summed E-state index contributed by atoms with van der Waals surface area (Å²) in [5, 5.41) is 4.31. The van der Waals surface area contributed by atoms with Crippen LogP contribution < -0.4 is 10.9 Å². The first-order valence-electron chi connectivity index (χ1n) is 8.98. The van der Waals surface area contributed by atoms with E-state index in [4.69, 9.17) is 0 Å². The molecule has 0 saturated heterocycles. The Hall–Kier alpha value is -2.70. The number of rotatable bonds is 6. The van der Waals surface area contributed by atoms with Gasteiger partial charge < -0.3 is 10.2 Å². The highest BCUT2D eigenvalue weighted by Crippen LogP contribution is 2.32. The Balaban J connectivity index is 1.87. The highest BCUT2D eigenvalue weighted by Gasteiger charge is 2.16. The van der Waals surface area contributed by atoms with Crippen molar-refractivity contribution in [3.63, 3.8) is 0 Å². The van der Waals surface area contributed by atoms with Crippen LogP contribution in [0, 0.1) is 0 Å². The fourth-order valence-electron chi connectivity index (χ4n) is 3.16. The van der Waals surface area contributed by atoms with E-state index >= 15 is 0 Å². The zero-order valence-corrected chi connectivity index (χ0v) is 16.3. The Bertz CT molecular complexity index is 1130. The van der Waals surface area contributed by atoms with Gasteiger partial charge in [-0.2, -0.15) is 0 Å². The van der Waals surface area contributed by atoms with Crippen LogP contribution in [0.1, 0.15) is 5.56 Å². The summed E-state index contributed by atoms with van der Waals surface area (Å²) >= 11 is 1.63. The maximum Gasteiger partial charge on any atom is 0.294 e. The fraction of sp³-hybridized carbons (Fsp3) is 0.238. The van der Waals surface area contributed by atoms with Gasteiger partial charge in [0, 0.05) is 23.2 Å². The van der Waals surface area contributed by atoms with Crippen LogP contribution in [0.2, 0.25) is 0 Å². The molecule has 5 nitrogen and oxygen atoms in total. The second-order valence-corrected chi connectivity index (χ2v) is 7.85. The minimum absolute atomic E-state index is 0.0753. The summed E-state index contributed by atoms with van der Waals surface area (Å²) in [6.07, 6.45) is 0. The molecule has 0 aliphatic carbocycles. The van der Waals surface area contributed by atoms with Crippen molar-refractivity contribution < 1.29 is 0 Å². The van der Waals surface area contributed by atoms with Crippen LogP contribution in [0.3, 0.4) is 0 Å². The molecule has 2 heterocycles. The first kappa shape index (κ1) is 17.7. The molecule has 0 aliphatic heterocycles. The van der Waals surface area contributed by atoms with Crippen molar-refractivity contribution >= 4 is 37.6 Å². The molecule has 0 fully saturated rings. The van der Waals surface area contributed by atoms with Gasteiger partial charge >= 0.3 is 0 Å². The van der Waals surface area contributed by atoms with Gasteiger partial charge in [-0.15, -0.1) is 11.3 Å². The van der Waals surface area contributed by atoms with E-state index in [0.717, 1.165) is 32.5 Å². The standard InChI is InChI=1S/C21H22N4OS/c1-24(2)13-12-22-19-21(26)25(14-15-8-4-3-5-9-15)18-16-10-6-7-11-17(16)27-20(18)23-19/h3-11H,12-14H2,1-2H3,(H,22,23). The van der Waals surface area contributed by atoms with Gasteiger partial charge in [0.1, 0.15) is 4.83 Å². The molecule has 6 heteroatoms. The van der Waals surface area contributed by atoms with Crippen molar-refractivity contribution in [3.05, 3.63) is 70.5 Å². The third-order valence-corrected chi connectivity index (χ3v) is 5.57.